The molecule has 150 valence electrons. The summed E-state index contributed by atoms with van der Waals surface area (Å²) >= 11 is 0. The maximum Gasteiger partial charge on any atom is 0.310 e. The standard InChI is InChI=1S/C15H17F5N4O2S/c1-9(10-4-6-11(7-5-10)27(16,17,18,19)20)21-14(26)12-8-13(25)23-15(22-12)24(2)3/h4-9H,1-3H3,(H,21,26)(H,22,23,25)/t9-/m1/s1. The third-order valence-electron chi connectivity index (χ3n) is 3.56. The van der Waals surface area contributed by atoms with Gasteiger partial charge in [-0.1, -0.05) is 31.6 Å². The van der Waals surface area contributed by atoms with Crippen LogP contribution in [0.4, 0.5) is 25.4 Å². The number of anilines is 1. The third kappa shape index (κ3) is 5.18. The smallest absolute Gasteiger partial charge is 0.310 e. The van der Waals surface area contributed by atoms with Gasteiger partial charge >= 0.3 is 10.2 Å². The SMILES string of the molecule is C[C@@H](NC(=O)c1cc(=O)[nH]c(N(C)C)n1)c1ccc(S(F)(F)(F)(F)F)cc1. The normalized spacial score (nSPS) is 15.4. The molecule has 0 saturated heterocycles. The molecule has 0 fully saturated rings. The molecule has 12 heteroatoms. The summed E-state index contributed by atoms with van der Waals surface area (Å²) in [6.07, 6.45) is 0. The molecule has 0 unspecified atom stereocenters. The average molecular weight is 412 g/mol. The first kappa shape index (κ1) is 20.7. The van der Waals surface area contributed by atoms with Crippen molar-refractivity contribution in [2.75, 3.05) is 19.0 Å². The van der Waals surface area contributed by atoms with Gasteiger partial charge in [-0.15, -0.1) is 0 Å². The minimum atomic E-state index is -9.75. The lowest BCUT2D eigenvalue weighted by molar-refractivity contribution is 0.0934. The number of carbonyl (C=O) groups excluding carboxylic acids is 1. The van der Waals surface area contributed by atoms with Crippen LogP contribution in [-0.2, 0) is 0 Å². The molecule has 0 aliphatic heterocycles. The monoisotopic (exact) mass is 412 g/mol. The van der Waals surface area contributed by atoms with Crippen LogP contribution in [-0.4, -0.2) is 30.0 Å². The molecule has 0 aliphatic carbocycles. The van der Waals surface area contributed by atoms with Crippen LogP contribution in [0.1, 0.15) is 29.0 Å². The molecule has 0 saturated carbocycles. The van der Waals surface area contributed by atoms with Crippen molar-refractivity contribution in [2.45, 2.75) is 17.9 Å². The van der Waals surface area contributed by atoms with E-state index in [0.29, 0.717) is 0 Å². The number of benzene rings is 1. The summed E-state index contributed by atoms with van der Waals surface area (Å²) in [7, 11) is -6.55. The fourth-order valence-electron chi connectivity index (χ4n) is 2.14. The van der Waals surface area contributed by atoms with Crippen LogP contribution < -0.4 is 15.8 Å². The highest BCUT2D eigenvalue weighted by Crippen LogP contribution is 3.02. The molecule has 0 spiro atoms. The highest BCUT2D eigenvalue weighted by Gasteiger charge is 2.65. The highest BCUT2D eigenvalue weighted by molar-refractivity contribution is 8.45. The molecule has 0 aliphatic rings. The predicted molar refractivity (Wildman–Crippen MR) is 92.9 cm³/mol. The van der Waals surface area contributed by atoms with Gasteiger partial charge in [-0.2, -0.15) is 0 Å². The number of nitrogens with one attached hydrogen (secondary N) is 2. The number of H-pyrrole nitrogens is 1. The Morgan fingerprint density at radius 2 is 1.70 bits per heavy atom. The molecular weight excluding hydrogens is 395 g/mol. The van der Waals surface area contributed by atoms with Crippen molar-refractivity contribution in [1.82, 2.24) is 15.3 Å². The Labute approximate surface area is 151 Å². The zero-order chi connectivity index (χ0) is 20.7. The van der Waals surface area contributed by atoms with Crippen molar-refractivity contribution >= 4 is 22.1 Å². The highest BCUT2D eigenvalue weighted by atomic mass is 32.5. The van der Waals surface area contributed by atoms with Gasteiger partial charge < -0.3 is 10.2 Å². The van der Waals surface area contributed by atoms with E-state index in [1.54, 1.807) is 14.1 Å². The maximum atomic E-state index is 12.7. The molecule has 2 N–H and O–H groups in total. The van der Waals surface area contributed by atoms with Crippen molar-refractivity contribution in [1.29, 1.82) is 0 Å². The van der Waals surface area contributed by atoms with Crippen LogP contribution >= 0.6 is 10.2 Å². The van der Waals surface area contributed by atoms with Crippen LogP contribution in [0.3, 0.4) is 0 Å². The molecule has 1 amide bonds. The Morgan fingerprint density at radius 3 is 2.19 bits per heavy atom. The van der Waals surface area contributed by atoms with E-state index < -0.39 is 32.6 Å². The summed E-state index contributed by atoms with van der Waals surface area (Å²) in [6, 6.07) is 2.41. The predicted octanol–water partition coefficient (Wildman–Crippen LogP) is 3.98. The maximum absolute atomic E-state index is 12.7. The number of carbonyl (C=O) groups is 1. The number of aromatic nitrogens is 2. The first-order chi connectivity index (χ1) is 12.1. The molecule has 0 radical (unpaired) electrons. The molecule has 6 nitrogen and oxygen atoms in total. The lowest BCUT2D eigenvalue weighted by atomic mass is 10.1. The van der Waals surface area contributed by atoms with Crippen LogP contribution in [0.5, 0.6) is 0 Å². The number of hydrogen-bond donors (Lipinski definition) is 2. The summed E-state index contributed by atoms with van der Waals surface area (Å²) < 4.78 is 63.7. The van der Waals surface area contributed by atoms with Gasteiger partial charge in [-0.05, 0) is 24.6 Å². The summed E-state index contributed by atoms with van der Waals surface area (Å²) in [5.41, 5.74) is -0.587. The average Bonchev–Trinajstić information content (AvgIpc) is 2.52. The van der Waals surface area contributed by atoms with E-state index in [4.69, 9.17) is 0 Å². The number of halogens is 5. The summed E-state index contributed by atoms with van der Waals surface area (Å²) in [6.45, 7) is 1.45. The zero-order valence-electron chi connectivity index (χ0n) is 14.5. The van der Waals surface area contributed by atoms with Crippen LogP contribution in [0, 0.1) is 0 Å². The minimum absolute atomic E-state index is 0.139. The molecule has 1 aromatic carbocycles. The quantitative estimate of drug-likeness (QED) is 0.729. The van der Waals surface area contributed by atoms with E-state index in [0.717, 1.165) is 18.2 Å². The second-order valence-corrected chi connectivity index (χ2v) is 8.49. The number of hydrogen-bond acceptors (Lipinski definition) is 4. The molecule has 1 heterocycles. The molecule has 1 aromatic heterocycles. The van der Waals surface area contributed by atoms with Crippen molar-refractivity contribution in [3.8, 4) is 0 Å². The molecule has 1 atom stereocenters. The second kappa shape index (κ2) is 5.94. The van der Waals surface area contributed by atoms with Gasteiger partial charge in [-0.25, -0.2) is 4.98 Å². The number of rotatable bonds is 5. The van der Waals surface area contributed by atoms with E-state index >= 15 is 0 Å². The Bertz CT molecular complexity index is 927. The Kier molecular flexibility index (Phi) is 4.55. The van der Waals surface area contributed by atoms with E-state index in [1.165, 1.54) is 11.8 Å². The summed E-state index contributed by atoms with van der Waals surface area (Å²) in [4.78, 5) is 29.7. The fraction of sp³-hybridized carbons (Fsp3) is 0.267. The fourth-order valence-corrected chi connectivity index (χ4v) is 2.79. The van der Waals surface area contributed by atoms with Crippen molar-refractivity contribution in [3.05, 3.63) is 51.9 Å². The van der Waals surface area contributed by atoms with Crippen molar-refractivity contribution in [3.63, 3.8) is 0 Å². The van der Waals surface area contributed by atoms with Gasteiger partial charge in [0.1, 0.15) is 10.6 Å². The molecule has 0 bridgehead atoms. The Hall–Kier alpha value is -2.63. The number of amides is 1. The minimum Gasteiger partial charge on any atom is -0.348 e. The third-order valence-corrected chi connectivity index (χ3v) is 4.72. The van der Waals surface area contributed by atoms with Gasteiger partial charge in [0, 0.05) is 20.2 Å². The lowest BCUT2D eigenvalue weighted by Crippen LogP contribution is -2.30. The lowest BCUT2D eigenvalue weighted by Gasteiger charge is -2.40. The topological polar surface area (TPSA) is 78.1 Å². The van der Waals surface area contributed by atoms with Crippen molar-refractivity contribution in [2.24, 2.45) is 0 Å². The van der Waals surface area contributed by atoms with Crippen LogP contribution in [0.2, 0.25) is 0 Å². The zero-order valence-corrected chi connectivity index (χ0v) is 15.3. The first-order valence-electron chi connectivity index (χ1n) is 7.50. The summed E-state index contributed by atoms with van der Waals surface area (Å²) in [5, 5.41) is 2.45. The first-order valence-corrected chi connectivity index (χ1v) is 9.45. The number of nitrogens with zero attached hydrogens (tertiary/aromatic N) is 2. The number of aromatic amines is 1. The Morgan fingerprint density at radius 1 is 1.15 bits per heavy atom. The van der Waals surface area contributed by atoms with Gasteiger partial charge in [-0.3, -0.25) is 14.6 Å². The van der Waals surface area contributed by atoms with Crippen LogP contribution in [0.15, 0.2) is 40.0 Å². The summed E-state index contributed by atoms with van der Waals surface area (Å²) in [5.74, 6) is -0.603. The van der Waals surface area contributed by atoms with Gasteiger partial charge in [0.25, 0.3) is 11.5 Å². The van der Waals surface area contributed by atoms with Crippen molar-refractivity contribution < 1.29 is 24.2 Å². The largest absolute Gasteiger partial charge is 0.348 e. The van der Waals surface area contributed by atoms with Gasteiger partial charge in [0.2, 0.25) is 5.95 Å². The van der Waals surface area contributed by atoms with E-state index in [1.807, 2.05) is 0 Å². The van der Waals surface area contributed by atoms with E-state index in [-0.39, 0.29) is 29.3 Å². The van der Waals surface area contributed by atoms with E-state index in [2.05, 4.69) is 15.3 Å². The van der Waals surface area contributed by atoms with E-state index in [9.17, 15) is 29.0 Å². The second-order valence-electron chi connectivity index (χ2n) is 6.08. The van der Waals surface area contributed by atoms with Gasteiger partial charge in [0.15, 0.2) is 0 Å². The molecule has 27 heavy (non-hydrogen) atoms. The molecule has 2 rings (SSSR count). The van der Waals surface area contributed by atoms with Crippen LogP contribution in [0.25, 0.3) is 0 Å². The molecular formula is C15H17F5N4O2S. The molecule has 2 aromatic rings. The Balaban J connectivity index is 2.22. The van der Waals surface area contributed by atoms with Gasteiger partial charge in [0.05, 0.1) is 6.04 Å².